The number of benzene rings is 1. The van der Waals surface area contributed by atoms with Crippen molar-refractivity contribution in [3.8, 4) is 11.6 Å². The summed E-state index contributed by atoms with van der Waals surface area (Å²) in [5, 5.41) is 17.8. The third-order valence-electron chi connectivity index (χ3n) is 5.95. The van der Waals surface area contributed by atoms with Crippen LogP contribution in [0.25, 0.3) is 10.2 Å². The van der Waals surface area contributed by atoms with Crippen LogP contribution in [-0.4, -0.2) is 46.3 Å². The first-order valence-electron chi connectivity index (χ1n) is 11.3. The Labute approximate surface area is 204 Å². The number of carbonyl (C=O) groups excluding carboxylic acids is 2. The lowest BCUT2D eigenvalue weighted by Gasteiger charge is -2.28. The van der Waals surface area contributed by atoms with E-state index in [1.165, 1.54) is 11.3 Å². The SMILES string of the molecule is O=C(N[C@@H]1CCCNC1)c1sc2nccc3c2c1NC(=O)N3c1ccc(Oc2cccnn2)cc1. The zero-order valence-corrected chi connectivity index (χ0v) is 19.3. The van der Waals surface area contributed by atoms with Crippen molar-refractivity contribution in [1.29, 1.82) is 0 Å². The third kappa shape index (κ3) is 4.04. The third-order valence-corrected chi connectivity index (χ3v) is 7.05. The Morgan fingerprint density at radius 3 is 2.83 bits per heavy atom. The first-order valence-corrected chi connectivity index (χ1v) is 12.1. The standard InChI is InChI=1S/C24H21N7O3S/c32-22(28-14-3-1-10-25-13-14)21-20-19-17(9-12-26-23(19)35-21)31(24(33)29-20)15-5-7-16(8-6-15)34-18-4-2-11-27-30-18/h2,4-9,11-12,14,25H,1,3,10,13H2,(H,28,32)(H,29,33)/t14-/m1/s1. The largest absolute Gasteiger partial charge is 0.438 e. The maximum absolute atomic E-state index is 13.2. The highest BCUT2D eigenvalue weighted by Crippen LogP contribution is 2.45. The molecule has 0 aliphatic carbocycles. The van der Waals surface area contributed by atoms with E-state index < -0.39 is 0 Å². The summed E-state index contributed by atoms with van der Waals surface area (Å²) in [4.78, 5) is 33.5. The van der Waals surface area contributed by atoms with Crippen LogP contribution >= 0.6 is 11.3 Å². The number of amides is 3. The molecule has 4 aromatic rings. The van der Waals surface area contributed by atoms with E-state index in [0.29, 0.717) is 38.4 Å². The summed E-state index contributed by atoms with van der Waals surface area (Å²) in [6.45, 7) is 1.71. The Morgan fingerprint density at radius 2 is 2.06 bits per heavy atom. The molecule has 176 valence electrons. The van der Waals surface area contributed by atoms with E-state index in [2.05, 4.69) is 31.1 Å². The Balaban J connectivity index is 1.31. The molecule has 11 heteroatoms. The van der Waals surface area contributed by atoms with Crippen molar-refractivity contribution in [2.45, 2.75) is 18.9 Å². The van der Waals surface area contributed by atoms with Crippen molar-refractivity contribution >= 4 is 50.6 Å². The van der Waals surface area contributed by atoms with Gasteiger partial charge in [0, 0.05) is 31.0 Å². The van der Waals surface area contributed by atoms with Gasteiger partial charge in [-0.15, -0.1) is 16.4 Å². The zero-order chi connectivity index (χ0) is 23.8. The van der Waals surface area contributed by atoms with Crippen LogP contribution in [0, 0.1) is 0 Å². The maximum atomic E-state index is 13.2. The summed E-state index contributed by atoms with van der Waals surface area (Å²) in [7, 11) is 0. The van der Waals surface area contributed by atoms with Crippen LogP contribution in [0.5, 0.6) is 11.6 Å². The van der Waals surface area contributed by atoms with Crippen LogP contribution in [0.3, 0.4) is 0 Å². The summed E-state index contributed by atoms with van der Waals surface area (Å²) >= 11 is 1.28. The van der Waals surface area contributed by atoms with Crippen LogP contribution in [0.4, 0.5) is 21.9 Å². The summed E-state index contributed by atoms with van der Waals surface area (Å²) in [5.74, 6) is 0.755. The molecule has 1 saturated heterocycles. The minimum Gasteiger partial charge on any atom is -0.438 e. The molecule has 6 rings (SSSR count). The number of thiophene rings is 1. The second-order valence-corrected chi connectivity index (χ2v) is 9.26. The number of anilines is 3. The zero-order valence-electron chi connectivity index (χ0n) is 18.5. The number of rotatable bonds is 5. The van der Waals surface area contributed by atoms with Gasteiger partial charge in [0.15, 0.2) is 0 Å². The second-order valence-electron chi connectivity index (χ2n) is 8.26. The second kappa shape index (κ2) is 8.93. The molecule has 1 fully saturated rings. The molecule has 3 aromatic heterocycles. The molecule has 1 atom stereocenters. The number of hydrogen-bond acceptors (Lipinski definition) is 8. The molecule has 2 aliphatic rings. The van der Waals surface area contributed by atoms with Gasteiger partial charge in [0.2, 0.25) is 5.88 Å². The minimum absolute atomic E-state index is 0.0690. The van der Waals surface area contributed by atoms with E-state index >= 15 is 0 Å². The van der Waals surface area contributed by atoms with Crippen molar-refractivity contribution in [3.05, 3.63) is 59.7 Å². The Bertz CT molecular complexity index is 1400. The van der Waals surface area contributed by atoms with E-state index in [9.17, 15) is 9.59 Å². The highest BCUT2D eigenvalue weighted by atomic mass is 32.1. The molecule has 0 radical (unpaired) electrons. The monoisotopic (exact) mass is 487 g/mol. The molecule has 35 heavy (non-hydrogen) atoms. The number of pyridine rings is 1. The van der Waals surface area contributed by atoms with Gasteiger partial charge < -0.3 is 20.7 Å². The van der Waals surface area contributed by atoms with Crippen LogP contribution in [0.2, 0.25) is 0 Å². The van der Waals surface area contributed by atoms with Gasteiger partial charge in [-0.05, 0) is 55.8 Å². The van der Waals surface area contributed by atoms with Crippen molar-refractivity contribution in [1.82, 2.24) is 25.8 Å². The average Bonchev–Trinajstić information content (AvgIpc) is 3.26. The normalized spacial score (nSPS) is 17.2. The average molecular weight is 488 g/mol. The Morgan fingerprint density at radius 1 is 1.17 bits per heavy atom. The van der Waals surface area contributed by atoms with Gasteiger partial charge >= 0.3 is 6.03 Å². The predicted molar refractivity (Wildman–Crippen MR) is 133 cm³/mol. The molecule has 1 aromatic carbocycles. The van der Waals surface area contributed by atoms with E-state index in [4.69, 9.17) is 4.74 Å². The Kier molecular flexibility index (Phi) is 5.47. The van der Waals surface area contributed by atoms with Gasteiger partial charge in [0.25, 0.3) is 5.91 Å². The molecule has 0 saturated carbocycles. The lowest BCUT2D eigenvalue weighted by atomic mass is 10.1. The van der Waals surface area contributed by atoms with Gasteiger partial charge in [-0.1, -0.05) is 0 Å². The minimum atomic E-state index is -0.348. The van der Waals surface area contributed by atoms with Crippen molar-refractivity contribution in [3.63, 3.8) is 0 Å². The van der Waals surface area contributed by atoms with Crippen molar-refractivity contribution in [2.75, 3.05) is 23.3 Å². The molecule has 5 heterocycles. The van der Waals surface area contributed by atoms with Crippen LogP contribution in [0.15, 0.2) is 54.9 Å². The number of carbonyl (C=O) groups is 2. The predicted octanol–water partition coefficient (Wildman–Crippen LogP) is 4.04. The summed E-state index contributed by atoms with van der Waals surface area (Å²) in [5.41, 5.74) is 1.84. The van der Waals surface area contributed by atoms with Gasteiger partial charge in [-0.2, -0.15) is 5.10 Å². The first kappa shape index (κ1) is 21.4. The van der Waals surface area contributed by atoms with Gasteiger partial charge in [-0.25, -0.2) is 9.78 Å². The maximum Gasteiger partial charge on any atom is 0.331 e. The van der Waals surface area contributed by atoms with Crippen molar-refractivity contribution in [2.24, 2.45) is 0 Å². The van der Waals surface area contributed by atoms with Crippen LogP contribution in [0.1, 0.15) is 22.5 Å². The number of nitrogens with one attached hydrogen (secondary N) is 3. The first-order chi connectivity index (χ1) is 17.2. The number of ether oxygens (including phenoxy) is 1. The van der Waals surface area contributed by atoms with Crippen LogP contribution in [-0.2, 0) is 0 Å². The molecule has 2 aliphatic heterocycles. The van der Waals surface area contributed by atoms with E-state index in [-0.39, 0.29) is 18.0 Å². The number of aromatic nitrogens is 3. The lowest BCUT2D eigenvalue weighted by molar-refractivity contribution is 0.0935. The smallest absolute Gasteiger partial charge is 0.331 e. The quantitative estimate of drug-likeness (QED) is 0.388. The molecule has 0 spiro atoms. The Hall–Kier alpha value is -4.09. The van der Waals surface area contributed by atoms with Gasteiger partial charge in [0.1, 0.15) is 15.5 Å². The highest BCUT2D eigenvalue weighted by Gasteiger charge is 2.33. The fourth-order valence-corrected chi connectivity index (χ4v) is 5.37. The fourth-order valence-electron chi connectivity index (χ4n) is 4.35. The molecular formula is C24H21N7O3S. The molecule has 0 bridgehead atoms. The fraction of sp³-hybridized carbons (Fsp3) is 0.208. The number of nitrogens with zero attached hydrogens (tertiary/aromatic N) is 4. The van der Waals surface area contributed by atoms with Crippen molar-refractivity contribution < 1.29 is 14.3 Å². The summed E-state index contributed by atoms with van der Waals surface area (Å²) in [6, 6.07) is 12.1. The van der Waals surface area contributed by atoms with Gasteiger partial charge in [-0.3, -0.25) is 9.69 Å². The lowest BCUT2D eigenvalue weighted by Crippen LogP contribution is -2.45. The molecule has 3 amide bonds. The summed E-state index contributed by atoms with van der Waals surface area (Å²) in [6.07, 6.45) is 5.17. The van der Waals surface area contributed by atoms with E-state index in [1.54, 1.807) is 59.8 Å². The van der Waals surface area contributed by atoms with E-state index in [1.807, 2.05) is 0 Å². The van der Waals surface area contributed by atoms with E-state index in [0.717, 1.165) is 31.3 Å². The molecular weight excluding hydrogens is 466 g/mol. The number of hydrogen-bond donors (Lipinski definition) is 3. The van der Waals surface area contributed by atoms with Crippen LogP contribution < -0.4 is 25.6 Å². The van der Waals surface area contributed by atoms with Gasteiger partial charge in [0.05, 0.1) is 22.4 Å². The number of urea groups is 1. The molecule has 0 unspecified atom stereocenters. The highest BCUT2D eigenvalue weighted by molar-refractivity contribution is 7.21. The topological polar surface area (TPSA) is 121 Å². The molecule has 10 nitrogen and oxygen atoms in total. The summed E-state index contributed by atoms with van der Waals surface area (Å²) < 4.78 is 5.70. The molecule has 3 N–H and O–H groups in total. The number of piperidine rings is 1.